The second-order valence-corrected chi connectivity index (χ2v) is 7.46. The van der Waals surface area contributed by atoms with Crippen LogP contribution in [0.15, 0.2) is 65.3 Å². The predicted octanol–water partition coefficient (Wildman–Crippen LogP) is 4.94. The summed E-state index contributed by atoms with van der Waals surface area (Å²) in [4.78, 5) is 28.3. The summed E-state index contributed by atoms with van der Waals surface area (Å²) in [7, 11) is 0. The Morgan fingerprint density at radius 1 is 1.13 bits per heavy atom. The second-order valence-electron chi connectivity index (χ2n) is 7.46. The van der Waals surface area contributed by atoms with E-state index in [1.807, 2.05) is 36.1 Å². The third-order valence-electron chi connectivity index (χ3n) is 5.35. The van der Waals surface area contributed by atoms with Crippen LogP contribution in [0.4, 0.5) is 17.1 Å². The van der Waals surface area contributed by atoms with Gasteiger partial charge in [-0.2, -0.15) is 0 Å². The number of carbonyl (C=O) groups excluding carboxylic acids is 1. The molecule has 1 amide bonds. The fourth-order valence-electron chi connectivity index (χ4n) is 3.75. The molecule has 7 nitrogen and oxygen atoms in total. The molecule has 154 valence electrons. The monoisotopic (exact) mass is 405 g/mol. The Morgan fingerprint density at radius 3 is 2.50 bits per heavy atom. The Bertz CT molecular complexity index is 1040. The van der Waals surface area contributed by atoms with Gasteiger partial charge in [0, 0.05) is 30.4 Å². The van der Waals surface area contributed by atoms with E-state index < -0.39 is 4.92 Å². The van der Waals surface area contributed by atoms with Gasteiger partial charge >= 0.3 is 0 Å². The zero-order valence-electron chi connectivity index (χ0n) is 16.8. The molecule has 2 aromatic carbocycles. The van der Waals surface area contributed by atoms with Gasteiger partial charge in [-0.05, 0) is 56.2 Å². The van der Waals surface area contributed by atoms with E-state index in [-0.39, 0.29) is 23.7 Å². The molecule has 0 unspecified atom stereocenters. The summed E-state index contributed by atoms with van der Waals surface area (Å²) >= 11 is 0. The fourth-order valence-corrected chi connectivity index (χ4v) is 3.75. The minimum absolute atomic E-state index is 0.0374. The van der Waals surface area contributed by atoms with Crippen LogP contribution in [0.5, 0.6) is 0 Å². The van der Waals surface area contributed by atoms with Crippen molar-refractivity contribution in [1.29, 1.82) is 0 Å². The highest BCUT2D eigenvalue weighted by Crippen LogP contribution is 2.32. The molecular formula is C23H23N3O4. The Morgan fingerprint density at radius 2 is 1.87 bits per heavy atom. The van der Waals surface area contributed by atoms with Crippen LogP contribution in [0.25, 0.3) is 0 Å². The number of benzene rings is 2. The van der Waals surface area contributed by atoms with E-state index in [9.17, 15) is 14.9 Å². The third kappa shape index (κ3) is 4.05. The lowest BCUT2D eigenvalue weighted by Crippen LogP contribution is -2.30. The molecular weight excluding hydrogens is 382 g/mol. The number of rotatable bonds is 6. The van der Waals surface area contributed by atoms with Crippen molar-refractivity contribution in [1.82, 2.24) is 0 Å². The number of furan rings is 1. The van der Waals surface area contributed by atoms with Crippen molar-refractivity contribution >= 4 is 23.0 Å². The van der Waals surface area contributed by atoms with Gasteiger partial charge in [0.2, 0.25) is 0 Å². The van der Waals surface area contributed by atoms with E-state index in [2.05, 4.69) is 0 Å². The van der Waals surface area contributed by atoms with Crippen LogP contribution in [-0.2, 0) is 6.54 Å². The Kier molecular flexibility index (Phi) is 5.52. The van der Waals surface area contributed by atoms with E-state index in [1.54, 1.807) is 35.4 Å². The van der Waals surface area contributed by atoms with Crippen LogP contribution in [0, 0.1) is 17.0 Å². The summed E-state index contributed by atoms with van der Waals surface area (Å²) in [5.41, 5.74) is 2.59. The number of amides is 1. The summed E-state index contributed by atoms with van der Waals surface area (Å²) in [5.74, 6) is 0.318. The van der Waals surface area contributed by atoms with Crippen LogP contribution < -0.4 is 9.80 Å². The van der Waals surface area contributed by atoms with E-state index >= 15 is 0 Å². The maximum atomic E-state index is 13.4. The molecule has 30 heavy (non-hydrogen) atoms. The van der Waals surface area contributed by atoms with Gasteiger partial charge in [-0.25, -0.2) is 0 Å². The lowest BCUT2D eigenvalue weighted by Gasteiger charge is -2.23. The van der Waals surface area contributed by atoms with Gasteiger partial charge in [0.05, 0.1) is 17.7 Å². The first kappa shape index (κ1) is 19.7. The van der Waals surface area contributed by atoms with Crippen molar-refractivity contribution in [3.63, 3.8) is 0 Å². The summed E-state index contributed by atoms with van der Waals surface area (Å²) in [5, 5.41) is 11.7. The minimum atomic E-state index is -0.410. The topological polar surface area (TPSA) is 79.8 Å². The average Bonchev–Trinajstić information content (AvgIpc) is 3.46. The number of nitrogens with zero attached hydrogens (tertiary/aromatic N) is 3. The molecule has 1 aliphatic heterocycles. The summed E-state index contributed by atoms with van der Waals surface area (Å²) in [6.07, 6.45) is 3.59. The van der Waals surface area contributed by atoms with Crippen LogP contribution >= 0.6 is 0 Å². The molecule has 1 aliphatic rings. The predicted molar refractivity (Wildman–Crippen MR) is 115 cm³/mol. The number of hydrogen-bond acceptors (Lipinski definition) is 5. The van der Waals surface area contributed by atoms with Crippen LogP contribution in [-0.4, -0.2) is 23.9 Å². The number of nitro groups is 1. The minimum Gasteiger partial charge on any atom is -0.467 e. The maximum Gasteiger partial charge on any atom is 0.293 e. The van der Waals surface area contributed by atoms with Crippen LogP contribution in [0.2, 0.25) is 0 Å². The Balaban J connectivity index is 1.70. The normalized spacial score (nSPS) is 13.4. The highest BCUT2D eigenvalue weighted by molar-refractivity contribution is 6.06. The largest absolute Gasteiger partial charge is 0.467 e. The fraction of sp³-hybridized carbons (Fsp3) is 0.261. The lowest BCUT2D eigenvalue weighted by atomic mass is 10.1. The molecule has 0 spiro atoms. The van der Waals surface area contributed by atoms with Crippen molar-refractivity contribution in [2.45, 2.75) is 26.3 Å². The molecule has 3 aromatic rings. The molecule has 0 N–H and O–H groups in total. The molecule has 1 saturated heterocycles. The molecule has 1 fully saturated rings. The number of aryl methyl sites for hydroxylation is 1. The molecule has 4 rings (SSSR count). The Hall–Kier alpha value is -3.61. The average molecular weight is 405 g/mol. The van der Waals surface area contributed by atoms with Crippen molar-refractivity contribution in [3.05, 3.63) is 87.9 Å². The number of anilines is 2. The molecule has 0 radical (unpaired) electrons. The van der Waals surface area contributed by atoms with Gasteiger partial charge in [-0.1, -0.05) is 17.7 Å². The highest BCUT2D eigenvalue weighted by atomic mass is 16.6. The van der Waals surface area contributed by atoms with Crippen molar-refractivity contribution in [2.75, 3.05) is 22.9 Å². The standard InChI is InChI=1S/C23H23N3O4/c1-17-6-9-19(10-7-17)25(16-20-5-4-14-30-20)23(27)18-8-11-21(22(15-18)26(28)29)24-12-2-3-13-24/h4-11,14-15H,2-3,12-13,16H2,1H3. The van der Waals surface area contributed by atoms with Gasteiger partial charge < -0.3 is 14.2 Å². The number of carbonyl (C=O) groups is 1. The van der Waals surface area contributed by atoms with Gasteiger partial charge in [-0.3, -0.25) is 14.9 Å². The maximum absolute atomic E-state index is 13.4. The SMILES string of the molecule is Cc1ccc(N(Cc2ccco2)C(=O)c2ccc(N3CCCC3)c([N+](=O)[O-])c2)cc1. The van der Waals surface area contributed by atoms with Crippen molar-refractivity contribution in [3.8, 4) is 0 Å². The molecule has 0 aliphatic carbocycles. The Labute approximate surface area is 174 Å². The van der Waals surface area contributed by atoms with Crippen molar-refractivity contribution in [2.24, 2.45) is 0 Å². The second kappa shape index (κ2) is 8.41. The van der Waals surface area contributed by atoms with E-state index in [0.717, 1.165) is 31.5 Å². The molecule has 0 atom stereocenters. The molecule has 0 saturated carbocycles. The van der Waals surface area contributed by atoms with Gasteiger partial charge in [0.25, 0.3) is 11.6 Å². The molecule has 2 heterocycles. The summed E-state index contributed by atoms with van der Waals surface area (Å²) in [6, 6.07) is 15.9. The van der Waals surface area contributed by atoms with Crippen molar-refractivity contribution < 1.29 is 14.1 Å². The third-order valence-corrected chi connectivity index (χ3v) is 5.35. The molecule has 1 aromatic heterocycles. The summed E-state index contributed by atoms with van der Waals surface area (Å²) < 4.78 is 5.44. The van der Waals surface area contributed by atoms with E-state index in [0.29, 0.717) is 17.1 Å². The number of nitro benzene ring substituents is 1. The van der Waals surface area contributed by atoms with E-state index in [4.69, 9.17) is 4.42 Å². The van der Waals surface area contributed by atoms with Gasteiger partial charge in [0.15, 0.2) is 0 Å². The van der Waals surface area contributed by atoms with Gasteiger partial charge in [-0.15, -0.1) is 0 Å². The smallest absolute Gasteiger partial charge is 0.293 e. The quantitative estimate of drug-likeness (QED) is 0.428. The van der Waals surface area contributed by atoms with E-state index in [1.165, 1.54) is 6.07 Å². The summed E-state index contributed by atoms with van der Waals surface area (Å²) in [6.45, 7) is 3.80. The van der Waals surface area contributed by atoms with Crippen LogP contribution in [0.1, 0.15) is 34.5 Å². The highest BCUT2D eigenvalue weighted by Gasteiger charge is 2.26. The number of hydrogen-bond donors (Lipinski definition) is 0. The van der Waals surface area contributed by atoms with Gasteiger partial charge in [0.1, 0.15) is 11.4 Å². The molecule has 0 bridgehead atoms. The molecule has 7 heteroatoms. The lowest BCUT2D eigenvalue weighted by molar-refractivity contribution is -0.384. The zero-order chi connectivity index (χ0) is 21.1. The van der Waals surface area contributed by atoms with Crippen LogP contribution in [0.3, 0.4) is 0 Å². The zero-order valence-corrected chi connectivity index (χ0v) is 16.8. The first-order chi connectivity index (χ1) is 14.5. The first-order valence-electron chi connectivity index (χ1n) is 9.97. The first-order valence-corrected chi connectivity index (χ1v) is 9.97.